The molecule has 0 saturated carbocycles. The lowest BCUT2D eigenvalue weighted by Crippen LogP contribution is -2.12. The number of hydrogen-bond donors (Lipinski definition) is 0. The largest absolute Gasteiger partial charge is 0.456 e. The average Bonchev–Trinajstić information content (AvgIpc) is 3.86. The molecule has 0 aliphatic rings. The Morgan fingerprint density at radius 2 is 0.789 bits per heavy atom. The molecule has 0 bridgehead atoms. The Balaban J connectivity index is 1.18. The standard InChI is InChI=1S/C54H35NO2/c1-4-14-36(15-5-1)41-32-42(37-16-6-2-7-17-37)34-44(33-41)55(43-27-24-38(25-28-43)40-26-31-52-49(35-40)47-21-11-12-22-50(47)56-52)53-45(39-18-8-3-9-19-39)29-30-48-46-20-10-13-23-51(46)57-54(48)53/h1-35H. The van der Waals surface area contributed by atoms with E-state index in [2.05, 4.69) is 199 Å². The third kappa shape index (κ3) is 5.76. The molecule has 9 aromatic carbocycles. The van der Waals surface area contributed by atoms with Gasteiger partial charge in [-0.15, -0.1) is 0 Å². The molecule has 0 radical (unpaired) electrons. The Kier molecular flexibility index (Phi) is 7.82. The molecule has 3 nitrogen and oxygen atoms in total. The number of benzene rings is 9. The molecule has 3 heteroatoms. The lowest BCUT2D eigenvalue weighted by molar-refractivity contribution is 0.668. The predicted octanol–water partition coefficient (Wildman–Crippen LogP) is 15.6. The highest BCUT2D eigenvalue weighted by Crippen LogP contribution is 2.49. The molecule has 0 unspecified atom stereocenters. The second-order valence-corrected chi connectivity index (χ2v) is 14.5. The van der Waals surface area contributed by atoms with Crippen LogP contribution in [0.4, 0.5) is 17.1 Å². The van der Waals surface area contributed by atoms with Gasteiger partial charge in [-0.2, -0.15) is 0 Å². The van der Waals surface area contributed by atoms with Crippen LogP contribution in [0.5, 0.6) is 0 Å². The van der Waals surface area contributed by atoms with Crippen LogP contribution in [-0.4, -0.2) is 0 Å². The first-order valence-electron chi connectivity index (χ1n) is 19.3. The van der Waals surface area contributed by atoms with Gasteiger partial charge in [-0.3, -0.25) is 0 Å². The van der Waals surface area contributed by atoms with Gasteiger partial charge in [-0.25, -0.2) is 0 Å². The Labute approximate surface area is 330 Å². The first-order chi connectivity index (χ1) is 28.2. The van der Waals surface area contributed by atoms with E-state index in [0.29, 0.717) is 0 Å². The summed E-state index contributed by atoms with van der Waals surface area (Å²) in [7, 11) is 0. The summed E-state index contributed by atoms with van der Waals surface area (Å²) in [6.07, 6.45) is 0. The molecule has 0 aliphatic carbocycles. The van der Waals surface area contributed by atoms with E-state index in [-0.39, 0.29) is 0 Å². The average molecular weight is 730 g/mol. The SMILES string of the molecule is c1ccc(-c2cc(-c3ccccc3)cc(N(c3ccc(-c4ccc5oc6ccccc6c5c4)cc3)c3c(-c4ccccc4)ccc4c3oc3ccccc34)c2)cc1. The number of fused-ring (bicyclic) bond motifs is 6. The van der Waals surface area contributed by atoms with Crippen molar-refractivity contribution >= 4 is 60.9 Å². The van der Waals surface area contributed by atoms with Crippen LogP contribution in [0, 0.1) is 0 Å². The highest BCUT2D eigenvalue weighted by Gasteiger charge is 2.25. The number of anilines is 3. The van der Waals surface area contributed by atoms with Gasteiger partial charge in [-0.05, 0) is 99.6 Å². The smallest absolute Gasteiger partial charge is 0.160 e. The first-order valence-corrected chi connectivity index (χ1v) is 19.3. The second-order valence-electron chi connectivity index (χ2n) is 14.5. The quantitative estimate of drug-likeness (QED) is 0.164. The maximum absolute atomic E-state index is 6.91. The van der Waals surface area contributed by atoms with E-state index in [4.69, 9.17) is 8.83 Å². The van der Waals surface area contributed by atoms with Crippen molar-refractivity contribution in [2.24, 2.45) is 0 Å². The van der Waals surface area contributed by atoms with Gasteiger partial charge >= 0.3 is 0 Å². The molecule has 11 aromatic rings. The number of nitrogens with zero attached hydrogens (tertiary/aromatic N) is 1. The predicted molar refractivity (Wildman–Crippen MR) is 237 cm³/mol. The van der Waals surface area contributed by atoms with Crippen LogP contribution in [0.1, 0.15) is 0 Å². The zero-order valence-electron chi connectivity index (χ0n) is 31.0. The van der Waals surface area contributed by atoms with Crippen LogP contribution in [0.2, 0.25) is 0 Å². The molecule has 0 fully saturated rings. The van der Waals surface area contributed by atoms with Crippen molar-refractivity contribution in [3.63, 3.8) is 0 Å². The summed E-state index contributed by atoms with van der Waals surface area (Å²) in [5.41, 5.74) is 15.5. The van der Waals surface area contributed by atoms with Gasteiger partial charge < -0.3 is 13.7 Å². The van der Waals surface area contributed by atoms with E-state index in [0.717, 1.165) is 105 Å². The summed E-state index contributed by atoms with van der Waals surface area (Å²) in [5, 5.41) is 4.40. The molecule has 268 valence electrons. The summed E-state index contributed by atoms with van der Waals surface area (Å²) in [5.74, 6) is 0. The minimum atomic E-state index is 0.838. The highest BCUT2D eigenvalue weighted by molar-refractivity contribution is 6.14. The van der Waals surface area contributed by atoms with Gasteiger partial charge in [0, 0.05) is 38.5 Å². The van der Waals surface area contributed by atoms with E-state index < -0.39 is 0 Å². The Bertz CT molecular complexity index is 3160. The molecule has 0 aliphatic heterocycles. The minimum absolute atomic E-state index is 0.838. The third-order valence-electron chi connectivity index (χ3n) is 11.1. The fourth-order valence-electron chi connectivity index (χ4n) is 8.30. The van der Waals surface area contributed by atoms with E-state index in [1.165, 1.54) is 0 Å². The number of rotatable bonds is 7. The maximum atomic E-state index is 6.91. The normalized spacial score (nSPS) is 11.5. The van der Waals surface area contributed by atoms with E-state index >= 15 is 0 Å². The molecule has 0 saturated heterocycles. The van der Waals surface area contributed by atoms with E-state index in [1.807, 2.05) is 18.2 Å². The van der Waals surface area contributed by atoms with E-state index in [9.17, 15) is 0 Å². The van der Waals surface area contributed by atoms with Crippen LogP contribution < -0.4 is 4.90 Å². The molecule has 0 amide bonds. The van der Waals surface area contributed by atoms with Crippen LogP contribution >= 0.6 is 0 Å². The Morgan fingerprint density at radius 1 is 0.281 bits per heavy atom. The summed E-state index contributed by atoms with van der Waals surface area (Å²) < 4.78 is 13.1. The van der Waals surface area contributed by atoms with Gasteiger partial charge in [0.25, 0.3) is 0 Å². The molecule has 2 aromatic heterocycles. The van der Waals surface area contributed by atoms with Gasteiger partial charge in [0.2, 0.25) is 0 Å². The van der Waals surface area contributed by atoms with Gasteiger partial charge in [-0.1, -0.05) is 152 Å². The molecule has 0 atom stereocenters. The minimum Gasteiger partial charge on any atom is -0.456 e. The molecular weight excluding hydrogens is 695 g/mol. The third-order valence-corrected chi connectivity index (χ3v) is 11.1. The monoisotopic (exact) mass is 729 g/mol. The van der Waals surface area contributed by atoms with Crippen molar-refractivity contribution in [3.8, 4) is 44.5 Å². The first kappa shape index (κ1) is 32.8. The summed E-state index contributed by atoms with van der Waals surface area (Å²) in [4.78, 5) is 2.39. The van der Waals surface area contributed by atoms with Crippen LogP contribution in [-0.2, 0) is 0 Å². The number of para-hydroxylation sites is 2. The van der Waals surface area contributed by atoms with Crippen LogP contribution in [0.3, 0.4) is 0 Å². The fourth-order valence-corrected chi connectivity index (χ4v) is 8.30. The molecule has 0 N–H and O–H groups in total. The maximum Gasteiger partial charge on any atom is 0.160 e. The zero-order valence-corrected chi connectivity index (χ0v) is 31.0. The molecule has 0 spiro atoms. The zero-order chi connectivity index (χ0) is 37.7. The van der Waals surface area contributed by atoms with Crippen molar-refractivity contribution in [2.75, 3.05) is 4.90 Å². The molecule has 2 heterocycles. The lowest BCUT2D eigenvalue weighted by atomic mass is 9.95. The van der Waals surface area contributed by atoms with E-state index in [1.54, 1.807) is 0 Å². The lowest BCUT2D eigenvalue weighted by Gasteiger charge is -2.29. The second kappa shape index (κ2) is 13.6. The van der Waals surface area contributed by atoms with Crippen molar-refractivity contribution in [1.82, 2.24) is 0 Å². The van der Waals surface area contributed by atoms with Crippen molar-refractivity contribution in [1.29, 1.82) is 0 Å². The Hall–Kier alpha value is -7.62. The molecule has 57 heavy (non-hydrogen) atoms. The molecule has 11 rings (SSSR count). The fraction of sp³-hybridized carbons (Fsp3) is 0. The summed E-state index contributed by atoms with van der Waals surface area (Å²) >= 11 is 0. The van der Waals surface area contributed by atoms with Crippen molar-refractivity contribution < 1.29 is 8.83 Å². The topological polar surface area (TPSA) is 29.5 Å². The summed E-state index contributed by atoms with van der Waals surface area (Å²) in [6.45, 7) is 0. The molecular formula is C54H35NO2. The summed E-state index contributed by atoms with van der Waals surface area (Å²) in [6, 6.07) is 75.3. The number of hydrogen-bond acceptors (Lipinski definition) is 3. The Morgan fingerprint density at radius 3 is 1.44 bits per heavy atom. The van der Waals surface area contributed by atoms with Gasteiger partial charge in [0.15, 0.2) is 5.58 Å². The van der Waals surface area contributed by atoms with Crippen molar-refractivity contribution in [2.45, 2.75) is 0 Å². The van der Waals surface area contributed by atoms with Crippen LogP contribution in [0.25, 0.3) is 88.4 Å². The highest BCUT2D eigenvalue weighted by atomic mass is 16.3. The van der Waals surface area contributed by atoms with Crippen LogP contribution in [0.15, 0.2) is 221 Å². The van der Waals surface area contributed by atoms with Gasteiger partial charge in [0.1, 0.15) is 16.7 Å². The van der Waals surface area contributed by atoms with Crippen molar-refractivity contribution in [3.05, 3.63) is 212 Å². The number of furan rings is 2. The van der Waals surface area contributed by atoms with Gasteiger partial charge in [0.05, 0.1) is 5.69 Å².